The van der Waals surface area contributed by atoms with Crippen LogP contribution in [0.25, 0.3) is 0 Å². The van der Waals surface area contributed by atoms with Crippen molar-refractivity contribution in [3.63, 3.8) is 0 Å². The molecule has 0 aromatic carbocycles. The van der Waals surface area contributed by atoms with Crippen LogP contribution in [0, 0.1) is 0 Å². The quantitative estimate of drug-likeness (QED) is 0.0711. The molecule has 0 heterocycles. The van der Waals surface area contributed by atoms with E-state index in [0.29, 0.717) is 0 Å². The fraction of sp³-hybridized carbons (Fsp3) is 0.571. The van der Waals surface area contributed by atoms with Gasteiger partial charge in [-0.2, -0.15) is 0 Å². The van der Waals surface area contributed by atoms with E-state index >= 15 is 0 Å². The van der Waals surface area contributed by atoms with Crippen molar-refractivity contribution in [1.29, 1.82) is 0 Å². The third-order valence-corrected chi connectivity index (χ3v) is 10.4. The van der Waals surface area contributed by atoms with E-state index in [4.69, 9.17) is 69.6 Å². The number of hydrogen-bond acceptors (Lipinski definition) is 3. The highest BCUT2D eigenvalue weighted by molar-refractivity contribution is 9.10. The summed E-state index contributed by atoms with van der Waals surface area (Å²) in [4.78, 5) is 2.29. The van der Waals surface area contributed by atoms with Crippen molar-refractivity contribution in [1.82, 2.24) is 0 Å². The molecule has 0 nitrogen and oxygen atoms in total. The molecule has 0 aliphatic heterocycles. The summed E-state index contributed by atoms with van der Waals surface area (Å²) in [6, 6.07) is 0. The van der Waals surface area contributed by atoms with Crippen LogP contribution in [0.5, 0.6) is 0 Å². The van der Waals surface area contributed by atoms with Crippen molar-refractivity contribution < 1.29 is 0 Å². The second kappa shape index (κ2) is 25.0. The van der Waals surface area contributed by atoms with Gasteiger partial charge < -0.3 is 0 Å². The van der Waals surface area contributed by atoms with Crippen molar-refractivity contribution in [2.45, 2.75) is 98.5 Å². The highest BCUT2D eigenvalue weighted by Gasteiger charge is 2.15. The largest absolute Gasteiger partial charge is 0.123 e. The molecule has 0 rings (SSSR count). The van der Waals surface area contributed by atoms with Crippen LogP contribution in [0.4, 0.5) is 0 Å². The molecule has 0 aromatic heterocycles. The van der Waals surface area contributed by atoms with Gasteiger partial charge in [-0.25, -0.2) is 0 Å². The third kappa shape index (κ3) is 24.7. The molecule has 0 N–H and O–H groups in total. The Morgan fingerprint density at radius 2 is 1.16 bits per heavy atom. The Labute approximate surface area is 267 Å². The molecular formula is C28H40Cl6S3. The summed E-state index contributed by atoms with van der Waals surface area (Å²) in [6.07, 6.45) is 25.2. The second-order valence-corrected chi connectivity index (χ2v) is 16.6. The Kier molecular flexibility index (Phi) is 25.8. The summed E-state index contributed by atoms with van der Waals surface area (Å²) in [5, 5.41) is 0.0483. The number of alkyl halides is 6. The van der Waals surface area contributed by atoms with Crippen molar-refractivity contribution in [2.75, 3.05) is 0 Å². The maximum Gasteiger partial charge on any atom is 0.0385 e. The fourth-order valence-corrected chi connectivity index (χ4v) is 9.16. The molecule has 37 heavy (non-hydrogen) atoms. The zero-order chi connectivity index (χ0) is 28.1. The van der Waals surface area contributed by atoms with E-state index < -0.39 is 0 Å². The van der Waals surface area contributed by atoms with Gasteiger partial charge in [-0.1, -0.05) is 48.6 Å². The van der Waals surface area contributed by atoms with Gasteiger partial charge in [-0.3, -0.25) is 0 Å². The van der Waals surface area contributed by atoms with Crippen LogP contribution in [-0.4, -0.2) is 32.3 Å². The molecule has 9 heteroatoms. The molecule has 0 aromatic rings. The fourth-order valence-electron chi connectivity index (χ4n) is 3.01. The van der Waals surface area contributed by atoms with Gasteiger partial charge in [0.1, 0.15) is 0 Å². The van der Waals surface area contributed by atoms with Crippen LogP contribution in [0.1, 0.15) is 66.2 Å². The summed E-state index contributed by atoms with van der Waals surface area (Å²) in [5.74, 6) is 0. The molecule has 0 saturated carbocycles. The first-order valence-corrected chi connectivity index (χ1v) is 18.5. The third-order valence-electron chi connectivity index (χ3n) is 4.71. The lowest BCUT2D eigenvalue weighted by Crippen LogP contribution is -2.11. The Hall–Kier alpha value is 1.23. The van der Waals surface area contributed by atoms with E-state index in [0.717, 1.165) is 48.3 Å². The van der Waals surface area contributed by atoms with Gasteiger partial charge in [0, 0.05) is 42.1 Å². The molecule has 0 radical (unpaired) electrons. The topological polar surface area (TPSA) is 0 Å². The average Bonchev–Trinajstić information content (AvgIpc) is 2.79. The van der Waals surface area contributed by atoms with Crippen LogP contribution >= 0.6 is 101 Å². The molecule has 0 amide bonds. The van der Waals surface area contributed by atoms with Gasteiger partial charge >= 0.3 is 0 Å². The van der Waals surface area contributed by atoms with Crippen LogP contribution in [-0.2, 0) is 0 Å². The van der Waals surface area contributed by atoms with Crippen molar-refractivity contribution >= 4 is 101 Å². The molecule has 0 bridgehead atoms. The first kappa shape index (κ1) is 38.2. The SMILES string of the molecule is C/C=C/C=C(/C=C/CC(Cl)CC(Cl)CC(C)Cl)SSSC(=C\CC(Cl)CC(Cl)CC(C)Cl)/C=C/C=C/C. The molecule has 0 saturated heterocycles. The highest BCUT2D eigenvalue weighted by atomic mass is 35.5. The molecular weight excluding hydrogens is 645 g/mol. The number of hydrogen-bond donors (Lipinski definition) is 0. The minimum absolute atomic E-state index is 0.00428. The maximum absolute atomic E-state index is 6.56. The zero-order valence-corrected chi connectivity index (χ0v) is 29.0. The maximum atomic E-state index is 6.56. The Morgan fingerprint density at radius 1 is 0.622 bits per heavy atom. The van der Waals surface area contributed by atoms with E-state index in [2.05, 4.69) is 30.4 Å². The minimum Gasteiger partial charge on any atom is -0.123 e. The van der Waals surface area contributed by atoms with Gasteiger partial charge in [0.2, 0.25) is 0 Å². The molecule has 0 aliphatic rings. The minimum atomic E-state index is -0.0295. The summed E-state index contributed by atoms with van der Waals surface area (Å²) < 4.78 is 0. The number of allylic oxidation sites excluding steroid dienone is 10. The average molecular weight is 686 g/mol. The van der Waals surface area contributed by atoms with Crippen LogP contribution < -0.4 is 0 Å². The van der Waals surface area contributed by atoms with Crippen LogP contribution in [0.3, 0.4) is 0 Å². The monoisotopic (exact) mass is 682 g/mol. The van der Waals surface area contributed by atoms with Gasteiger partial charge in [0.25, 0.3) is 0 Å². The lowest BCUT2D eigenvalue weighted by atomic mass is 10.1. The first-order valence-electron chi connectivity index (χ1n) is 12.4. The lowest BCUT2D eigenvalue weighted by Gasteiger charge is -2.14. The predicted molar refractivity (Wildman–Crippen MR) is 184 cm³/mol. The first-order chi connectivity index (χ1) is 17.6. The standard InChI is InChI=1S/C28H40Cl6S3/c1-5-7-9-13-28(16-15-24(32)20-26(34)18-22(4)30)36-37-35-27(12-8-6-2)14-10-11-23(31)19-25(33)17-21(3)29/h5-10,12-14,16,21-26H,11,15,17-20H2,1-4H3/b7-5+,8-6+,13-9+,14-10+,27-12-,28-16-. The van der Waals surface area contributed by atoms with E-state index in [1.807, 2.05) is 58.1 Å². The van der Waals surface area contributed by atoms with E-state index in [1.165, 1.54) is 0 Å². The van der Waals surface area contributed by atoms with Crippen LogP contribution in [0.2, 0.25) is 0 Å². The predicted octanol–water partition coefficient (Wildman–Crippen LogP) is 13.1. The van der Waals surface area contributed by atoms with E-state index in [-0.39, 0.29) is 32.3 Å². The van der Waals surface area contributed by atoms with E-state index in [1.54, 1.807) is 31.4 Å². The summed E-state index contributed by atoms with van der Waals surface area (Å²) in [6.45, 7) is 7.92. The second-order valence-electron chi connectivity index (χ2n) is 8.59. The summed E-state index contributed by atoms with van der Waals surface area (Å²) in [5.41, 5.74) is 0. The smallest absolute Gasteiger partial charge is 0.0385 e. The van der Waals surface area contributed by atoms with Gasteiger partial charge in [0.05, 0.1) is 0 Å². The van der Waals surface area contributed by atoms with E-state index in [9.17, 15) is 0 Å². The van der Waals surface area contributed by atoms with Gasteiger partial charge in [-0.05, 0) is 110 Å². The molecule has 212 valence electrons. The summed E-state index contributed by atoms with van der Waals surface area (Å²) >= 11 is 37.9. The summed E-state index contributed by atoms with van der Waals surface area (Å²) in [7, 11) is 5.13. The molecule has 0 spiro atoms. The number of halogens is 6. The zero-order valence-electron chi connectivity index (χ0n) is 22.0. The molecule has 0 fully saturated rings. The van der Waals surface area contributed by atoms with Crippen molar-refractivity contribution in [2.24, 2.45) is 0 Å². The Morgan fingerprint density at radius 3 is 1.70 bits per heavy atom. The number of rotatable bonds is 20. The molecule has 0 aliphatic carbocycles. The Balaban J connectivity index is 4.99. The van der Waals surface area contributed by atoms with Gasteiger partial charge in [0.15, 0.2) is 0 Å². The molecule has 6 atom stereocenters. The highest BCUT2D eigenvalue weighted by Crippen LogP contribution is 2.45. The van der Waals surface area contributed by atoms with Crippen molar-refractivity contribution in [3.05, 3.63) is 70.6 Å². The van der Waals surface area contributed by atoms with Crippen LogP contribution in [0.15, 0.2) is 70.6 Å². The normalized spacial score (nSPS) is 18.8. The van der Waals surface area contributed by atoms with Gasteiger partial charge in [-0.15, -0.1) is 69.6 Å². The molecule has 6 unspecified atom stereocenters. The lowest BCUT2D eigenvalue weighted by molar-refractivity contribution is 0.655. The van der Waals surface area contributed by atoms with Crippen molar-refractivity contribution in [3.8, 4) is 0 Å². The Bertz CT molecular complexity index is 759.